The summed E-state index contributed by atoms with van der Waals surface area (Å²) in [5.41, 5.74) is 0.805. The number of hydrogen-bond donors (Lipinski definition) is 0. The first kappa shape index (κ1) is 23.6. The second-order valence-corrected chi connectivity index (χ2v) is 9.85. The first-order valence-corrected chi connectivity index (χ1v) is 12.1. The second kappa shape index (κ2) is 9.13. The fourth-order valence-corrected chi connectivity index (χ4v) is 5.48. The van der Waals surface area contributed by atoms with E-state index in [9.17, 15) is 19.2 Å². The van der Waals surface area contributed by atoms with Crippen LogP contribution in [0.3, 0.4) is 0 Å². The molecule has 3 amide bonds. The molecule has 5 rings (SSSR count). The molecule has 0 aromatic heterocycles. The van der Waals surface area contributed by atoms with Crippen LogP contribution >= 0.6 is 23.2 Å². The highest BCUT2D eigenvalue weighted by atomic mass is 35.5. The molecule has 0 unspecified atom stereocenters. The number of carbonyl (C=O) groups is 4. The van der Waals surface area contributed by atoms with Crippen LogP contribution in [0.4, 0.5) is 11.4 Å². The fourth-order valence-electron chi connectivity index (χ4n) is 5.09. The number of nitrogens with zero attached hydrogens (tertiary/aromatic N) is 2. The van der Waals surface area contributed by atoms with Crippen molar-refractivity contribution in [3.63, 3.8) is 0 Å². The molecule has 0 bridgehead atoms. The van der Waals surface area contributed by atoms with E-state index in [1.807, 2.05) is 19.1 Å². The molecule has 0 radical (unpaired) electrons. The number of anilines is 2. The Bertz CT molecular complexity index is 1280. The third-order valence-corrected chi connectivity index (χ3v) is 7.66. The first-order chi connectivity index (χ1) is 16.8. The van der Waals surface area contributed by atoms with Gasteiger partial charge >= 0.3 is 5.97 Å². The summed E-state index contributed by atoms with van der Waals surface area (Å²) in [6, 6.07) is 11.3. The van der Waals surface area contributed by atoms with Gasteiger partial charge in [-0.1, -0.05) is 54.4 Å². The van der Waals surface area contributed by atoms with Crippen molar-refractivity contribution in [2.24, 2.45) is 23.7 Å². The fraction of sp³-hybridized carbons (Fsp3) is 0.308. The van der Waals surface area contributed by atoms with Gasteiger partial charge in [-0.25, -0.2) is 4.90 Å². The van der Waals surface area contributed by atoms with Crippen LogP contribution in [0.15, 0.2) is 54.6 Å². The van der Waals surface area contributed by atoms with Gasteiger partial charge in [-0.2, -0.15) is 0 Å². The van der Waals surface area contributed by atoms with E-state index in [1.165, 1.54) is 15.9 Å². The number of fused-ring (bicyclic) bond motifs is 1. The molecule has 180 valence electrons. The summed E-state index contributed by atoms with van der Waals surface area (Å²) in [5, 5.41) is 0.560. The van der Waals surface area contributed by atoms with Crippen LogP contribution in [0, 0.1) is 23.7 Å². The highest BCUT2D eigenvalue weighted by Gasteiger charge is 2.50. The summed E-state index contributed by atoms with van der Waals surface area (Å²) in [5.74, 6) is -2.61. The Morgan fingerprint density at radius 1 is 1.06 bits per heavy atom. The third-order valence-electron chi connectivity index (χ3n) is 6.85. The van der Waals surface area contributed by atoms with E-state index in [2.05, 4.69) is 0 Å². The van der Waals surface area contributed by atoms with Crippen molar-refractivity contribution < 1.29 is 23.9 Å². The quantitative estimate of drug-likeness (QED) is 0.257. The molecule has 2 aromatic rings. The first-order valence-electron chi connectivity index (χ1n) is 11.4. The van der Waals surface area contributed by atoms with Gasteiger partial charge in [0.25, 0.3) is 0 Å². The summed E-state index contributed by atoms with van der Waals surface area (Å²) in [6.07, 6.45) is 4.42. The van der Waals surface area contributed by atoms with Gasteiger partial charge in [-0.05, 0) is 36.6 Å². The van der Waals surface area contributed by atoms with Gasteiger partial charge in [-0.15, -0.1) is 0 Å². The minimum atomic E-state index is -0.703. The lowest BCUT2D eigenvalue weighted by Crippen LogP contribution is -2.31. The van der Waals surface area contributed by atoms with E-state index < -0.39 is 11.9 Å². The Morgan fingerprint density at radius 3 is 2.60 bits per heavy atom. The molecular weight excluding hydrogens is 491 g/mol. The maximum atomic E-state index is 13.1. The average Bonchev–Trinajstić information content (AvgIpc) is 3.34. The molecule has 0 spiro atoms. The van der Waals surface area contributed by atoms with Crippen LogP contribution in [0.1, 0.15) is 19.8 Å². The van der Waals surface area contributed by atoms with Crippen LogP contribution in [0.2, 0.25) is 10.0 Å². The Morgan fingerprint density at radius 2 is 1.83 bits per heavy atom. The van der Waals surface area contributed by atoms with Crippen LogP contribution in [0.25, 0.3) is 0 Å². The normalized spacial score (nSPS) is 25.9. The highest BCUT2D eigenvalue weighted by Crippen LogP contribution is 2.41. The molecule has 4 atom stereocenters. The molecule has 2 aliphatic heterocycles. The molecule has 9 heteroatoms. The van der Waals surface area contributed by atoms with Crippen LogP contribution in [0.5, 0.6) is 5.75 Å². The van der Waals surface area contributed by atoms with Gasteiger partial charge in [0.1, 0.15) is 5.75 Å². The average molecular weight is 513 g/mol. The Labute approximate surface area is 212 Å². The summed E-state index contributed by atoms with van der Waals surface area (Å²) < 4.78 is 5.56. The number of halogens is 2. The van der Waals surface area contributed by atoms with Crippen molar-refractivity contribution in [3.8, 4) is 5.75 Å². The molecular formula is C26H22Cl2N2O5. The van der Waals surface area contributed by atoms with Gasteiger partial charge < -0.3 is 9.64 Å². The number of allylic oxidation sites excluding steroid dienone is 2. The number of rotatable bonds is 4. The smallest absolute Gasteiger partial charge is 0.316 e. The number of ether oxygens (including phenoxy) is 1. The zero-order valence-electron chi connectivity index (χ0n) is 18.8. The van der Waals surface area contributed by atoms with Gasteiger partial charge in [0.05, 0.1) is 39.2 Å². The molecule has 2 aromatic carbocycles. The van der Waals surface area contributed by atoms with Crippen molar-refractivity contribution in [3.05, 3.63) is 64.7 Å². The van der Waals surface area contributed by atoms with Gasteiger partial charge in [0, 0.05) is 19.0 Å². The van der Waals surface area contributed by atoms with Crippen LogP contribution in [-0.4, -0.2) is 30.2 Å². The largest absolute Gasteiger partial charge is 0.426 e. The van der Waals surface area contributed by atoms with Gasteiger partial charge in [0.2, 0.25) is 17.7 Å². The number of carbonyl (C=O) groups excluding carboxylic acids is 4. The number of imide groups is 1. The molecule has 0 N–H and O–H groups in total. The molecule has 35 heavy (non-hydrogen) atoms. The van der Waals surface area contributed by atoms with E-state index in [0.29, 0.717) is 22.8 Å². The van der Waals surface area contributed by atoms with E-state index in [4.69, 9.17) is 27.9 Å². The Balaban J connectivity index is 1.31. The summed E-state index contributed by atoms with van der Waals surface area (Å²) in [7, 11) is 0. The Hall–Kier alpha value is -3.16. The summed E-state index contributed by atoms with van der Waals surface area (Å²) in [4.78, 5) is 54.1. The summed E-state index contributed by atoms with van der Waals surface area (Å²) in [6.45, 7) is 2.04. The van der Waals surface area contributed by atoms with E-state index in [-0.39, 0.29) is 59.2 Å². The Kier molecular flexibility index (Phi) is 6.15. The lowest BCUT2D eigenvalue weighted by atomic mass is 9.78. The zero-order valence-corrected chi connectivity index (χ0v) is 20.3. The van der Waals surface area contributed by atoms with E-state index in [1.54, 1.807) is 36.4 Å². The molecule has 0 saturated carbocycles. The molecule has 3 aliphatic rings. The van der Waals surface area contributed by atoms with Crippen molar-refractivity contribution in [2.75, 3.05) is 16.3 Å². The van der Waals surface area contributed by atoms with Gasteiger partial charge in [-0.3, -0.25) is 19.2 Å². The molecule has 1 aliphatic carbocycles. The number of hydrogen-bond acceptors (Lipinski definition) is 5. The maximum absolute atomic E-state index is 13.1. The van der Waals surface area contributed by atoms with Gasteiger partial charge in [0.15, 0.2) is 0 Å². The third kappa shape index (κ3) is 4.13. The lowest BCUT2D eigenvalue weighted by Gasteiger charge is -2.22. The van der Waals surface area contributed by atoms with Crippen molar-refractivity contribution >= 4 is 58.3 Å². The van der Waals surface area contributed by atoms with Crippen LogP contribution < -0.4 is 14.5 Å². The van der Waals surface area contributed by atoms with Crippen molar-refractivity contribution in [1.82, 2.24) is 0 Å². The summed E-state index contributed by atoms with van der Waals surface area (Å²) >= 11 is 12.3. The molecule has 2 saturated heterocycles. The monoisotopic (exact) mass is 512 g/mol. The van der Waals surface area contributed by atoms with Crippen molar-refractivity contribution in [2.45, 2.75) is 19.8 Å². The SMILES string of the molecule is C[C@@H]1C=CC[C@@H]2C(=O)N(c3cccc(OC(=O)[C@@H]4CC(=O)N(c5cccc(Cl)c5Cl)C4)c3)C(=O)[C@H]12. The zero-order chi connectivity index (χ0) is 24.9. The minimum Gasteiger partial charge on any atom is -0.426 e. The van der Waals surface area contributed by atoms with E-state index >= 15 is 0 Å². The van der Waals surface area contributed by atoms with Crippen molar-refractivity contribution in [1.29, 1.82) is 0 Å². The molecule has 7 nitrogen and oxygen atoms in total. The highest BCUT2D eigenvalue weighted by molar-refractivity contribution is 6.44. The molecule has 2 heterocycles. The van der Waals surface area contributed by atoms with E-state index in [0.717, 1.165) is 0 Å². The predicted octanol–water partition coefficient (Wildman–Crippen LogP) is 4.65. The minimum absolute atomic E-state index is 0.0212. The number of esters is 1. The topological polar surface area (TPSA) is 84.0 Å². The number of amides is 3. The second-order valence-electron chi connectivity index (χ2n) is 9.06. The molecule has 2 fully saturated rings. The standard InChI is InChI=1S/C26H22Cl2N2O5/c1-14-5-2-8-18-22(14)25(33)30(24(18)32)16-6-3-7-17(12-16)35-26(34)15-11-21(31)29(13-15)20-10-4-9-19(27)23(20)28/h2-7,9-10,12,14-15,18,22H,8,11,13H2,1H3/t14-,15-,18+,22-/m1/s1. The lowest BCUT2D eigenvalue weighted by molar-refractivity contribution is -0.139. The van der Waals surface area contributed by atoms with Crippen LogP contribution in [-0.2, 0) is 19.2 Å². The maximum Gasteiger partial charge on any atom is 0.316 e. The predicted molar refractivity (Wildman–Crippen MR) is 131 cm³/mol. The number of benzene rings is 2.